The number of nitrogens with one attached hydrogen (secondary N) is 1. The van der Waals surface area contributed by atoms with Gasteiger partial charge in [0, 0.05) is 54.7 Å². The lowest BCUT2D eigenvalue weighted by molar-refractivity contribution is -0.163. The Morgan fingerprint density at radius 2 is 1.68 bits per heavy atom. The van der Waals surface area contributed by atoms with Gasteiger partial charge in [-0.3, -0.25) is 14.4 Å². The van der Waals surface area contributed by atoms with Gasteiger partial charge >= 0.3 is 6.18 Å². The van der Waals surface area contributed by atoms with Crippen molar-refractivity contribution < 1.29 is 27.6 Å². The number of nitrogens with zero attached hydrogens (tertiary/aromatic N) is 3. The average molecular weight is 535 g/mol. The lowest BCUT2D eigenvalue weighted by Crippen LogP contribution is -2.52. The van der Waals surface area contributed by atoms with Crippen LogP contribution in [0.5, 0.6) is 0 Å². The number of piperidine rings is 1. The normalized spacial score (nSPS) is 24.2. The minimum atomic E-state index is -4.11. The Labute approximate surface area is 221 Å². The van der Waals surface area contributed by atoms with Gasteiger partial charge in [0.25, 0.3) is 5.91 Å². The van der Waals surface area contributed by atoms with Crippen LogP contribution in [0.1, 0.15) is 93.0 Å². The largest absolute Gasteiger partial charge is 0.389 e. The van der Waals surface area contributed by atoms with Crippen molar-refractivity contribution in [3.8, 4) is 0 Å². The van der Waals surface area contributed by atoms with Gasteiger partial charge in [0.15, 0.2) is 0 Å². The number of alkyl halides is 3. The summed E-state index contributed by atoms with van der Waals surface area (Å²) < 4.78 is 37.4. The van der Waals surface area contributed by atoms with Gasteiger partial charge in [0.2, 0.25) is 11.8 Å². The molecule has 0 spiro atoms. The molecule has 5 rings (SSSR count). The molecule has 3 amide bonds. The number of benzene rings is 1. The number of hydrogen-bond acceptors (Lipinski definition) is 5. The SMILES string of the molecule is O=C1c2cccc(N(CCC3CC3)C3CCC(NCCCC(F)(F)F)CC3)c2CN1N1C(=O)CCCC1=O. The van der Waals surface area contributed by atoms with Gasteiger partial charge in [-0.1, -0.05) is 18.9 Å². The zero-order chi connectivity index (χ0) is 26.9. The molecule has 1 N–H and O–H groups in total. The number of carbonyl (C=O) groups is 3. The first-order valence-corrected chi connectivity index (χ1v) is 14.1. The number of fused-ring (bicyclic) bond motifs is 1. The van der Waals surface area contributed by atoms with Gasteiger partial charge in [-0.25, -0.2) is 5.01 Å². The lowest BCUT2D eigenvalue weighted by atomic mass is 9.89. The lowest BCUT2D eigenvalue weighted by Gasteiger charge is -2.40. The number of rotatable bonds is 10. The zero-order valence-electron chi connectivity index (χ0n) is 21.8. The van der Waals surface area contributed by atoms with Crippen molar-refractivity contribution in [3.63, 3.8) is 0 Å². The molecule has 0 bridgehead atoms. The van der Waals surface area contributed by atoms with Crippen LogP contribution in [0.15, 0.2) is 18.2 Å². The Balaban J connectivity index is 1.28. The van der Waals surface area contributed by atoms with Gasteiger partial charge < -0.3 is 10.2 Å². The third kappa shape index (κ3) is 6.16. The van der Waals surface area contributed by atoms with E-state index in [1.54, 1.807) is 6.07 Å². The second-order valence-electron chi connectivity index (χ2n) is 11.2. The van der Waals surface area contributed by atoms with Crippen molar-refractivity contribution in [2.75, 3.05) is 18.0 Å². The molecule has 2 heterocycles. The Morgan fingerprint density at radius 1 is 0.974 bits per heavy atom. The quantitative estimate of drug-likeness (QED) is 0.340. The fraction of sp³-hybridized carbons (Fsp3) is 0.679. The highest BCUT2D eigenvalue weighted by atomic mass is 19.4. The van der Waals surface area contributed by atoms with E-state index in [9.17, 15) is 27.6 Å². The van der Waals surface area contributed by atoms with Crippen LogP contribution in [0.25, 0.3) is 0 Å². The van der Waals surface area contributed by atoms with Crippen LogP contribution in [0.2, 0.25) is 0 Å². The predicted molar refractivity (Wildman–Crippen MR) is 136 cm³/mol. The zero-order valence-corrected chi connectivity index (χ0v) is 21.8. The van der Waals surface area contributed by atoms with E-state index in [-0.39, 0.29) is 55.6 Å². The van der Waals surface area contributed by atoms with E-state index in [2.05, 4.69) is 10.2 Å². The van der Waals surface area contributed by atoms with Crippen molar-refractivity contribution in [2.24, 2.45) is 5.92 Å². The third-order valence-electron chi connectivity index (χ3n) is 8.41. The molecule has 4 aliphatic rings. The summed E-state index contributed by atoms with van der Waals surface area (Å²) in [6.07, 6.45) is 3.50. The molecule has 1 aromatic carbocycles. The van der Waals surface area contributed by atoms with Crippen molar-refractivity contribution >= 4 is 23.4 Å². The van der Waals surface area contributed by atoms with E-state index in [1.807, 2.05) is 12.1 Å². The van der Waals surface area contributed by atoms with Crippen molar-refractivity contribution in [1.82, 2.24) is 15.3 Å². The summed E-state index contributed by atoms with van der Waals surface area (Å²) in [6, 6.07) is 6.20. The second-order valence-corrected chi connectivity index (χ2v) is 11.2. The Hall–Kier alpha value is -2.62. The van der Waals surface area contributed by atoms with Crippen LogP contribution in [0.3, 0.4) is 0 Å². The van der Waals surface area contributed by atoms with E-state index >= 15 is 0 Å². The van der Waals surface area contributed by atoms with Gasteiger partial charge in [-0.15, -0.1) is 0 Å². The van der Waals surface area contributed by atoms with Gasteiger partial charge in [0.05, 0.1) is 6.54 Å². The highest BCUT2D eigenvalue weighted by Crippen LogP contribution is 2.39. The fourth-order valence-corrected chi connectivity index (χ4v) is 6.16. The summed E-state index contributed by atoms with van der Waals surface area (Å²) in [5.74, 6) is -0.215. The molecule has 2 aliphatic heterocycles. The molecule has 208 valence electrons. The first kappa shape index (κ1) is 27.0. The topological polar surface area (TPSA) is 73.0 Å². The van der Waals surface area contributed by atoms with E-state index in [0.29, 0.717) is 18.5 Å². The average Bonchev–Trinajstić information content (AvgIpc) is 3.65. The summed E-state index contributed by atoms with van der Waals surface area (Å²) in [5.41, 5.74) is 2.41. The first-order valence-electron chi connectivity index (χ1n) is 14.1. The maximum atomic E-state index is 13.3. The standard InChI is InChI=1S/C28H37F3N4O3/c29-28(30,31)15-3-16-32-20-10-12-21(13-11-20)33(17-14-19-8-9-19)24-5-1-4-22-23(24)18-34(27(22)38)35-25(36)6-2-7-26(35)37/h1,4-5,19-21,32H,2-3,6-18H2. The maximum Gasteiger partial charge on any atom is 0.389 e. The summed E-state index contributed by atoms with van der Waals surface area (Å²) in [7, 11) is 0. The Morgan fingerprint density at radius 3 is 2.34 bits per heavy atom. The van der Waals surface area contributed by atoms with Crippen LogP contribution in [0.4, 0.5) is 18.9 Å². The van der Waals surface area contributed by atoms with Crippen LogP contribution in [-0.4, -0.2) is 59.1 Å². The Kier molecular flexibility index (Phi) is 7.98. The maximum absolute atomic E-state index is 13.3. The van der Waals surface area contributed by atoms with Crippen LogP contribution in [-0.2, 0) is 16.1 Å². The molecule has 0 unspecified atom stereocenters. The van der Waals surface area contributed by atoms with Crippen molar-refractivity contribution in [3.05, 3.63) is 29.3 Å². The number of anilines is 1. The highest BCUT2D eigenvalue weighted by molar-refractivity contribution is 6.05. The molecular formula is C28H37F3N4O3. The number of imide groups is 1. The minimum Gasteiger partial charge on any atom is -0.368 e. The number of halogens is 3. The van der Waals surface area contributed by atoms with Gasteiger partial charge in [0.1, 0.15) is 0 Å². The number of hydrogen-bond donors (Lipinski definition) is 1. The molecule has 38 heavy (non-hydrogen) atoms. The van der Waals surface area contributed by atoms with E-state index in [4.69, 9.17) is 0 Å². The fourth-order valence-electron chi connectivity index (χ4n) is 6.16. The van der Waals surface area contributed by atoms with Gasteiger partial charge in [-0.2, -0.15) is 18.2 Å². The summed E-state index contributed by atoms with van der Waals surface area (Å²) in [4.78, 5) is 40.9. The molecule has 0 atom stereocenters. The van der Waals surface area contributed by atoms with E-state index < -0.39 is 12.6 Å². The smallest absolute Gasteiger partial charge is 0.368 e. The van der Waals surface area contributed by atoms with E-state index in [1.165, 1.54) is 17.9 Å². The molecule has 1 aromatic rings. The molecule has 2 aliphatic carbocycles. The second kappa shape index (κ2) is 11.2. The number of hydrazine groups is 1. The molecule has 2 saturated carbocycles. The van der Waals surface area contributed by atoms with Crippen molar-refractivity contribution in [1.29, 1.82) is 0 Å². The summed E-state index contributed by atoms with van der Waals surface area (Å²) >= 11 is 0. The molecule has 3 fully saturated rings. The molecule has 1 saturated heterocycles. The summed E-state index contributed by atoms with van der Waals surface area (Å²) in [5, 5.41) is 5.69. The van der Waals surface area contributed by atoms with Gasteiger partial charge in [-0.05, 0) is 69.5 Å². The number of amides is 3. The minimum absolute atomic E-state index is 0.0969. The molecule has 7 nitrogen and oxygen atoms in total. The molecular weight excluding hydrogens is 497 g/mol. The summed E-state index contributed by atoms with van der Waals surface area (Å²) in [6.45, 7) is 1.46. The monoisotopic (exact) mass is 534 g/mol. The van der Waals surface area contributed by atoms with E-state index in [0.717, 1.165) is 60.8 Å². The third-order valence-corrected chi connectivity index (χ3v) is 8.41. The highest BCUT2D eigenvalue weighted by Gasteiger charge is 2.41. The molecule has 0 radical (unpaired) electrons. The van der Waals surface area contributed by atoms with Crippen LogP contribution < -0.4 is 10.2 Å². The predicted octanol–water partition coefficient (Wildman–Crippen LogP) is 4.95. The first-order chi connectivity index (χ1) is 18.2. The number of carbonyl (C=O) groups excluding carboxylic acids is 3. The Bertz CT molecular complexity index is 1030. The molecule has 10 heteroatoms. The van der Waals surface area contributed by atoms with Crippen molar-refractivity contribution in [2.45, 2.75) is 102 Å². The van der Waals surface area contributed by atoms with Crippen LogP contribution in [0, 0.1) is 5.92 Å². The van der Waals surface area contributed by atoms with Crippen LogP contribution >= 0.6 is 0 Å². The molecule has 0 aromatic heterocycles.